The second kappa shape index (κ2) is 5.36. The van der Waals surface area contributed by atoms with Crippen molar-refractivity contribution in [2.45, 2.75) is 63.1 Å². The van der Waals surface area contributed by atoms with E-state index in [0.717, 1.165) is 32.1 Å². The van der Waals surface area contributed by atoms with Gasteiger partial charge in [-0.2, -0.15) is 0 Å². The molecule has 4 N–H and O–H groups in total. The Balaban J connectivity index is 1.90. The molecule has 0 aromatic carbocycles. The Labute approximate surface area is 112 Å². The van der Waals surface area contributed by atoms with Gasteiger partial charge in [-0.3, -0.25) is 0 Å². The van der Waals surface area contributed by atoms with Crippen LogP contribution in [0.15, 0.2) is 0 Å². The Morgan fingerprint density at radius 1 is 1.16 bits per heavy atom. The average molecular weight is 270 g/mol. The molecule has 2 aliphatic carbocycles. The summed E-state index contributed by atoms with van der Waals surface area (Å²) in [4.78, 5) is 23.2. The summed E-state index contributed by atoms with van der Waals surface area (Å²) in [5.74, 6) is -0.999. The van der Waals surface area contributed by atoms with Gasteiger partial charge in [0.25, 0.3) is 0 Å². The molecule has 2 rings (SSSR count). The summed E-state index contributed by atoms with van der Waals surface area (Å²) in [5, 5.41) is 24.3. The lowest BCUT2D eigenvalue weighted by Gasteiger charge is -2.31. The van der Waals surface area contributed by atoms with Crippen molar-refractivity contribution in [3.63, 3.8) is 0 Å². The van der Waals surface area contributed by atoms with Crippen LogP contribution in [0, 0.1) is 5.92 Å². The molecule has 6 heteroatoms. The van der Waals surface area contributed by atoms with Crippen LogP contribution in [0.2, 0.25) is 0 Å². The van der Waals surface area contributed by atoms with Gasteiger partial charge in [0.2, 0.25) is 0 Å². The van der Waals surface area contributed by atoms with Crippen molar-refractivity contribution in [2.75, 3.05) is 0 Å². The van der Waals surface area contributed by atoms with Crippen molar-refractivity contribution < 1.29 is 19.8 Å². The van der Waals surface area contributed by atoms with E-state index >= 15 is 0 Å². The first-order chi connectivity index (χ1) is 8.93. The van der Waals surface area contributed by atoms with Gasteiger partial charge in [0.1, 0.15) is 5.54 Å². The molecule has 0 bridgehead atoms. The van der Waals surface area contributed by atoms with Crippen LogP contribution >= 0.6 is 0 Å². The summed E-state index contributed by atoms with van der Waals surface area (Å²) < 4.78 is 0. The topological polar surface area (TPSA) is 98.7 Å². The second-order valence-corrected chi connectivity index (χ2v) is 5.84. The molecular formula is C13H22N2O4. The third-order valence-electron chi connectivity index (χ3n) is 4.26. The lowest BCUT2D eigenvalue weighted by Crippen LogP contribution is -2.59. The van der Waals surface area contributed by atoms with Crippen LogP contribution in [0.3, 0.4) is 0 Å². The van der Waals surface area contributed by atoms with Gasteiger partial charge in [-0.25, -0.2) is 9.59 Å². The van der Waals surface area contributed by atoms with Crippen molar-refractivity contribution in [3.05, 3.63) is 0 Å². The maximum atomic E-state index is 11.9. The van der Waals surface area contributed by atoms with Crippen molar-refractivity contribution in [1.29, 1.82) is 0 Å². The van der Waals surface area contributed by atoms with E-state index in [0.29, 0.717) is 6.42 Å². The molecule has 0 aromatic rings. The Kier molecular flexibility index (Phi) is 3.99. The number of hydrogen-bond acceptors (Lipinski definition) is 3. The van der Waals surface area contributed by atoms with E-state index in [2.05, 4.69) is 10.6 Å². The molecule has 0 radical (unpaired) electrons. The minimum Gasteiger partial charge on any atom is -0.480 e. The zero-order valence-electron chi connectivity index (χ0n) is 11.2. The average Bonchev–Trinajstić information content (AvgIpc) is 3.16. The first kappa shape index (κ1) is 14.1. The van der Waals surface area contributed by atoms with Crippen LogP contribution in [0.1, 0.15) is 45.4 Å². The molecular weight excluding hydrogens is 248 g/mol. The maximum absolute atomic E-state index is 11.9. The summed E-state index contributed by atoms with van der Waals surface area (Å²) in [6, 6.07) is -0.770. The third-order valence-corrected chi connectivity index (χ3v) is 4.26. The number of nitrogens with one attached hydrogen (secondary N) is 2. The molecule has 3 unspecified atom stereocenters. The van der Waals surface area contributed by atoms with E-state index in [9.17, 15) is 19.8 Å². The molecule has 0 spiro atoms. The third kappa shape index (κ3) is 3.18. The summed E-state index contributed by atoms with van der Waals surface area (Å²) in [6.07, 6.45) is 4.49. The summed E-state index contributed by atoms with van der Waals surface area (Å²) in [7, 11) is 0. The van der Waals surface area contributed by atoms with Crippen molar-refractivity contribution in [3.8, 4) is 0 Å². The Morgan fingerprint density at radius 3 is 2.32 bits per heavy atom. The fourth-order valence-corrected chi connectivity index (χ4v) is 2.71. The van der Waals surface area contributed by atoms with Crippen molar-refractivity contribution >= 4 is 12.0 Å². The number of urea groups is 1. The van der Waals surface area contributed by atoms with Gasteiger partial charge in [0.05, 0.1) is 12.1 Å². The predicted octanol–water partition coefficient (Wildman–Crippen LogP) is 0.842. The lowest BCUT2D eigenvalue weighted by atomic mass is 9.92. The monoisotopic (exact) mass is 270 g/mol. The molecule has 2 saturated carbocycles. The highest BCUT2D eigenvalue weighted by Crippen LogP contribution is 2.39. The van der Waals surface area contributed by atoms with Gasteiger partial charge in [-0.15, -0.1) is 0 Å². The van der Waals surface area contributed by atoms with E-state index in [1.165, 1.54) is 0 Å². The smallest absolute Gasteiger partial charge is 0.329 e. The Bertz CT molecular complexity index is 370. The predicted molar refractivity (Wildman–Crippen MR) is 68.7 cm³/mol. The minimum atomic E-state index is -1.20. The molecule has 0 aromatic heterocycles. The van der Waals surface area contributed by atoms with Gasteiger partial charge in [-0.05, 0) is 38.5 Å². The lowest BCUT2D eigenvalue weighted by molar-refractivity contribution is -0.144. The fourth-order valence-electron chi connectivity index (χ4n) is 2.71. The van der Waals surface area contributed by atoms with Crippen LogP contribution in [0.4, 0.5) is 4.79 Å². The highest BCUT2D eigenvalue weighted by molar-refractivity contribution is 5.86. The number of carbonyl (C=O) groups is 2. The summed E-state index contributed by atoms with van der Waals surface area (Å²) in [5.41, 5.74) is -1.20. The summed E-state index contributed by atoms with van der Waals surface area (Å²) in [6.45, 7) is 1.55. The molecule has 0 heterocycles. The van der Waals surface area contributed by atoms with Gasteiger partial charge in [-0.1, -0.05) is 12.8 Å². The van der Waals surface area contributed by atoms with E-state index in [-0.39, 0.29) is 12.0 Å². The minimum absolute atomic E-state index is 0.00651. The highest BCUT2D eigenvalue weighted by Gasteiger charge is 2.48. The van der Waals surface area contributed by atoms with Gasteiger partial charge < -0.3 is 20.8 Å². The number of carboxylic acids is 1. The van der Waals surface area contributed by atoms with E-state index in [1.807, 2.05) is 0 Å². The maximum Gasteiger partial charge on any atom is 0.329 e. The number of hydrogen-bond donors (Lipinski definition) is 4. The van der Waals surface area contributed by atoms with Gasteiger partial charge >= 0.3 is 12.0 Å². The normalized spacial score (nSPS) is 30.2. The van der Waals surface area contributed by atoms with Crippen LogP contribution in [0.25, 0.3) is 0 Å². The number of aliphatic carboxylic acids is 1. The van der Waals surface area contributed by atoms with E-state index in [4.69, 9.17) is 0 Å². The number of aliphatic hydroxyl groups is 1. The first-order valence-electron chi connectivity index (χ1n) is 6.93. The quantitative estimate of drug-likeness (QED) is 0.608. The molecule has 6 nitrogen and oxygen atoms in total. The highest BCUT2D eigenvalue weighted by atomic mass is 16.4. The van der Waals surface area contributed by atoms with Crippen LogP contribution in [-0.4, -0.2) is 39.9 Å². The van der Waals surface area contributed by atoms with Crippen molar-refractivity contribution in [1.82, 2.24) is 10.6 Å². The number of carbonyl (C=O) groups excluding carboxylic acids is 1. The van der Waals surface area contributed by atoms with Gasteiger partial charge in [0, 0.05) is 0 Å². The Hall–Kier alpha value is -1.30. The molecule has 108 valence electrons. The zero-order chi connectivity index (χ0) is 14.0. The first-order valence-corrected chi connectivity index (χ1v) is 6.93. The number of rotatable bonds is 4. The summed E-state index contributed by atoms with van der Waals surface area (Å²) >= 11 is 0. The number of carboxylic acid groups (broad SMARTS) is 1. The second-order valence-electron chi connectivity index (χ2n) is 5.84. The van der Waals surface area contributed by atoms with Crippen LogP contribution in [-0.2, 0) is 4.79 Å². The molecule has 2 amide bonds. The molecule has 0 saturated heterocycles. The molecule has 2 aliphatic rings. The largest absolute Gasteiger partial charge is 0.480 e. The van der Waals surface area contributed by atoms with Crippen LogP contribution < -0.4 is 10.6 Å². The number of amides is 2. The Morgan fingerprint density at radius 2 is 1.79 bits per heavy atom. The molecule has 19 heavy (non-hydrogen) atoms. The molecule has 3 atom stereocenters. The number of aliphatic hydroxyl groups excluding tert-OH is 1. The molecule has 2 fully saturated rings. The van der Waals surface area contributed by atoms with Gasteiger partial charge in [0.15, 0.2) is 0 Å². The van der Waals surface area contributed by atoms with E-state index < -0.39 is 23.6 Å². The standard InChI is InChI=1S/C13H22N2O4/c1-13(11(17)18,8-6-7-8)15-12(19)14-9-4-2-3-5-10(9)16/h8-10,16H,2-7H2,1H3,(H,17,18)(H2,14,15,19). The zero-order valence-corrected chi connectivity index (χ0v) is 11.2. The fraction of sp³-hybridized carbons (Fsp3) is 0.846. The van der Waals surface area contributed by atoms with Crippen LogP contribution in [0.5, 0.6) is 0 Å². The molecule has 0 aliphatic heterocycles. The van der Waals surface area contributed by atoms with Crippen molar-refractivity contribution in [2.24, 2.45) is 5.92 Å². The van der Waals surface area contributed by atoms with E-state index in [1.54, 1.807) is 6.92 Å². The SMILES string of the molecule is CC(NC(=O)NC1CCCCC1O)(C(=O)O)C1CC1.